The molecule has 5 heterocycles. The molecule has 176 valence electrons. The zero-order chi connectivity index (χ0) is 23.6. The number of piperidine rings is 1. The summed E-state index contributed by atoms with van der Waals surface area (Å²) in [5, 5.41) is 2.98. The van der Waals surface area contributed by atoms with Crippen LogP contribution in [-0.4, -0.2) is 47.4 Å². The molecule has 1 N–H and O–H groups in total. The number of benzene rings is 1. The van der Waals surface area contributed by atoms with Crippen LogP contribution in [0.4, 0.5) is 0 Å². The molecule has 1 aromatic heterocycles. The molecule has 8 nitrogen and oxygen atoms in total. The smallest absolute Gasteiger partial charge is 0.230 e. The summed E-state index contributed by atoms with van der Waals surface area (Å²) < 4.78 is 17.2. The molecule has 4 aliphatic rings. The van der Waals surface area contributed by atoms with E-state index >= 15 is 0 Å². The Hall–Kier alpha value is -3.39. The van der Waals surface area contributed by atoms with Crippen molar-refractivity contribution in [3.05, 3.63) is 66.1 Å². The minimum Gasteiger partial charge on any atom is -0.497 e. The molecular formula is C26H26N2O6. The predicted octanol–water partition coefficient (Wildman–Crippen LogP) is 2.41. The summed E-state index contributed by atoms with van der Waals surface area (Å²) in [7, 11) is 1.60. The number of ketones is 1. The third-order valence-corrected chi connectivity index (χ3v) is 7.88. The average Bonchev–Trinajstić information content (AvgIpc) is 3.62. The molecule has 1 spiro atoms. The van der Waals surface area contributed by atoms with Crippen molar-refractivity contribution in [2.24, 2.45) is 17.8 Å². The van der Waals surface area contributed by atoms with E-state index < -0.39 is 41.5 Å². The van der Waals surface area contributed by atoms with Gasteiger partial charge in [0, 0.05) is 18.9 Å². The van der Waals surface area contributed by atoms with Gasteiger partial charge in [-0.3, -0.25) is 14.4 Å². The van der Waals surface area contributed by atoms with Crippen molar-refractivity contribution < 1.29 is 28.3 Å². The Balaban J connectivity index is 1.29. The number of nitrogens with zero attached hydrogens (tertiary/aromatic N) is 1. The fourth-order valence-electron chi connectivity index (χ4n) is 6.31. The van der Waals surface area contributed by atoms with Crippen molar-refractivity contribution in [1.82, 2.24) is 10.2 Å². The van der Waals surface area contributed by atoms with Crippen LogP contribution in [0.1, 0.15) is 30.7 Å². The number of hydrogen-bond acceptors (Lipinski definition) is 6. The highest BCUT2D eigenvalue weighted by Crippen LogP contribution is 2.59. The molecule has 34 heavy (non-hydrogen) atoms. The van der Waals surface area contributed by atoms with Gasteiger partial charge < -0.3 is 24.1 Å². The van der Waals surface area contributed by atoms with Crippen molar-refractivity contribution in [1.29, 1.82) is 0 Å². The minimum absolute atomic E-state index is 0.0679. The topological polar surface area (TPSA) is 98.1 Å². The highest BCUT2D eigenvalue weighted by Gasteiger charge is 2.74. The number of ether oxygens (including phenoxy) is 2. The number of methoxy groups -OCH3 is 1. The summed E-state index contributed by atoms with van der Waals surface area (Å²) in [4.78, 5) is 42.0. The maximum Gasteiger partial charge on any atom is 0.230 e. The SMILES string of the molecule is COc1ccc(CNC(=O)[C@@H]2[C@H]3C(=O)N4[C@@H](c5ccco5)CC(=O)[C@H](C)[C@@H]4[C@]34C=C[C@H]2O4)cc1. The maximum absolute atomic E-state index is 13.9. The fraction of sp³-hybridized carbons (Fsp3) is 0.423. The molecule has 3 fully saturated rings. The van der Waals surface area contributed by atoms with E-state index in [1.54, 1.807) is 30.4 Å². The Labute approximate surface area is 196 Å². The summed E-state index contributed by atoms with van der Waals surface area (Å²) in [5.74, 6) is -0.709. The minimum atomic E-state index is -0.982. The Morgan fingerprint density at radius 2 is 2.03 bits per heavy atom. The lowest BCUT2D eigenvalue weighted by Crippen LogP contribution is -2.55. The molecule has 6 rings (SSSR count). The van der Waals surface area contributed by atoms with Gasteiger partial charge in [-0.1, -0.05) is 31.2 Å². The molecule has 3 saturated heterocycles. The molecule has 4 aliphatic heterocycles. The van der Waals surface area contributed by atoms with Crippen LogP contribution in [0, 0.1) is 17.8 Å². The first kappa shape index (κ1) is 21.2. The van der Waals surface area contributed by atoms with Gasteiger partial charge >= 0.3 is 0 Å². The second kappa shape index (κ2) is 7.56. The largest absolute Gasteiger partial charge is 0.497 e. The lowest BCUT2D eigenvalue weighted by Gasteiger charge is -2.43. The van der Waals surface area contributed by atoms with Crippen LogP contribution in [0.2, 0.25) is 0 Å². The van der Waals surface area contributed by atoms with Gasteiger partial charge in [0.1, 0.15) is 22.9 Å². The Kier molecular flexibility index (Phi) is 4.71. The van der Waals surface area contributed by atoms with Crippen molar-refractivity contribution in [3.8, 4) is 5.75 Å². The summed E-state index contributed by atoms with van der Waals surface area (Å²) in [6.07, 6.45) is 5.04. The number of carbonyl (C=O) groups excluding carboxylic acids is 3. The first-order valence-electron chi connectivity index (χ1n) is 11.6. The number of rotatable bonds is 5. The summed E-state index contributed by atoms with van der Waals surface area (Å²) in [6.45, 7) is 2.19. The monoisotopic (exact) mass is 462 g/mol. The van der Waals surface area contributed by atoms with Crippen molar-refractivity contribution in [3.63, 3.8) is 0 Å². The Morgan fingerprint density at radius 3 is 2.74 bits per heavy atom. The Bertz CT molecular complexity index is 1170. The Morgan fingerprint density at radius 1 is 1.24 bits per heavy atom. The van der Waals surface area contributed by atoms with E-state index in [0.29, 0.717) is 12.3 Å². The first-order valence-corrected chi connectivity index (χ1v) is 11.6. The van der Waals surface area contributed by atoms with Gasteiger partial charge in [-0.15, -0.1) is 0 Å². The van der Waals surface area contributed by atoms with Crippen LogP contribution < -0.4 is 10.1 Å². The highest BCUT2D eigenvalue weighted by molar-refractivity contribution is 5.96. The van der Waals surface area contributed by atoms with Crippen LogP contribution in [0.25, 0.3) is 0 Å². The summed E-state index contributed by atoms with van der Waals surface area (Å²) in [5.41, 5.74) is -0.0553. The van der Waals surface area contributed by atoms with Gasteiger partial charge in [0.05, 0.1) is 43.4 Å². The molecule has 2 aromatic rings. The molecular weight excluding hydrogens is 436 g/mol. The molecule has 2 bridgehead atoms. The van der Waals surface area contributed by atoms with E-state index in [1.165, 1.54) is 0 Å². The quantitative estimate of drug-likeness (QED) is 0.686. The van der Waals surface area contributed by atoms with Gasteiger partial charge in [-0.25, -0.2) is 0 Å². The van der Waals surface area contributed by atoms with E-state index in [0.717, 1.165) is 11.3 Å². The van der Waals surface area contributed by atoms with E-state index in [9.17, 15) is 14.4 Å². The number of nitrogens with one attached hydrogen (secondary N) is 1. The fourth-order valence-corrected chi connectivity index (χ4v) is 6.31. The number of furan rings is 1. The standard InChI is InChI=1S/C26H26N2O6/c1-14-18(29)12-17(19-4-3-11-33-19)28-23(14)26-10-9-20(34-26)21(22(26)25(28)31)24(30)27-13-15-5-7-16(32-2)8-6-15/h3-11,14,17,20-23H,12-13H2,1-2H3,(H,27,30)/t14-,17+,20+,21-,22-,23+,26-/m0/s1. The van der Waals surface area contributed by atoms with Gasteiger partial charge in [-0.2, -0.15) is 0 Å². The molecule has 0 saturated carbocycles. The zero-order valence-electron chi connectivity index (χ0n) is 19.0. The third-order valence-electron chi connectivity index (χ3n) is 7.88. The molecule has 0 radical (unpaired) electrons. The maximum atomic E-state index is 13.9. The van der Waals surface area contributed by atoms with Crippen LogP contribution in [0.15, 0.2) is 59.2 Å². The van der Waals surface area contributed by atoms with E-state index in [4.69, 9.17) is 13.9 Å². The van der Waals surface area contributed by atoms with Crippen molar-refractivity contribution in [2.45, 2.75) is 43.7 Å². The van der Waals surface area contributed by atoms with Crippen molar-refractivity contribution >= 4 is 17.6 Å². The normalized spacial score (nSPS) is 35.4. The second-order valence-corrected chi connectivity index (χ2v) is 9.55. The van der Waals surface area contributed by atoms with Gasteiger partial charge in [0.25, 0.3) is 0 Å². The second-order valence-electron chi connectivity index (χ2n) is 9.55. The van der Waals surface area contributed by atoms with Gasteiger partial charge in [0.2, 0.25) is 11.8 Å². The zero-order valence-corrected chi connectivity index (χ0v) is 19.0. The molecule has 1 aromatic carbocycles. The van der Waals surface area contributed by atoms with Crippen molar-refractivity contribution in [2.75, 3.05) is 7.11 Å². The molecule has 2 amide bonds. The lowest BCUT2D eigenvalue weighted by atomic mass is 9.70. The van der Waals surface area contributed by atoms with E-state index in [1.807, 2.05) is 43.3 Å². The molecule has 0 unspecified atom stereocenters. The highest BCUT2D eigenvalue weighted by atomic mass is 16.5. The lowest BCUT2D eigenvalue weighted by molar-refractivity contribution is -0.148. The van der Waals surface area contributed by atoms with Gasteiger partial charge in [-0.05, 0) is 29.8 Å². The number of Topliss-reactive ketones (excluding diaryl/α,β-unsaturated/α-hetero) is 1. The number of amides is 2. The summed E-state index contributed by atoms with van der Waals surface area (Å²) in [6, 6.07) is 10.0. The molecule has 8 heteroatoms. The van der Waals surface area contributed by atoms with Crippen LogP contribution >= 0.6 is 0 Å². The van der Waals surface area contributed by atoms with Gasteiger partial charge in [0.15, 0.2) is 0 Å². The molecule has 0 aliphatic carbocycles. The number of fused-ring (bicyclic) bond motifs is 2. The van der Waals surface area contributed by atoms with Crippen LogP contribution in [0.5, 0.6) is 5.75 Å². The first-order chi connectivity index (χ1) is 16.4. The average molecular weight is 463 g/mol. The van der Waals surface area contributed by atoms with E-state index in [2.05, 4.69) is 5.32 Å². The van der Waals surface area contributed by atoms with Crippen LogP contribution in [0.3, 0.4) is 0 Å². The molecule has 7 atom stereocenters. The predicted molar refractivity (Wildman–Crippen MR) is 119 cm³/mol. The summed E-state index contributed by atoms with van der Waals surface area (Å²) >= 11 is 0. The van der Waals surface area contributed by atoms with E-state index in [-0.39, 0.29) is 24.0 Å². The number of carbonyl (C=O) groups is 3. The third kappa shape index (κ3) is 2.84. The van der Waals surface area contributed by atoms with Crippen LogP contribution in [-0.2, 0) is 25.7 Å². The number of hydrogen-bond donors (Lipinski definition) is 1.